The average molecular weight is 313 g/mol. The second-order valence-electron chi connectivity index (χ2n) is 6.53. The molecule has 0 spiro atoms. The zero-order valence-electron chi connectivity index (χ0n) is 13.4. The summed E-state index contributed by atoms with van der Waals surface area (Å²) in [7, 11) is 0. The molecule has 2 aromatic rings. The van der Waals surface area contributed by atoms with E-state index in [9.17, 15) is 9.50 Å². The fourth-order valence-corrected chi connectivity index (χ4v) is 3.47. The fraction of sp³-hybridized carbons (Fsp3) is 0.400. The third-order valence-electron chi connectivity index (χ3n) is 4.66. The molecule has 2 aromatic carbocycles. The molecule has 0 aliphatic carbocycles. The monoisotopic (exact) mass is 313 g/mol. The zero-order chi connectivity index (χ0) is 16.1. The first-order valence-corrected chi connectivity index (χ1v) is 8.40. The van der Waals surface area contributed by atoms with Gasteiger partial charge in [-0.15, -0.1) is 0 Å². The first-order chi connectivity index (χ1) is 11.2. The van der Waals surface area contributed by atoms with E-state index in [1.807, 2.05) is 6.07 Å². The van der Waals surface area contributed by atoms with Crippen molar-refractivity contribution in [2.24, 2.45) is 5.92 Å². The van der Waals surface area contributed by atoms with Gasteiger partial charge >= 0.3 is 0 Å². The summed E-state index contributed by atoms with van der Waals surface area (Å²) in [5.74, 6) is 0.236. The van der Waals surface area contributed by atoms with E-state index in [1.54, 1.807) is 12.1 Å². The third kappa shape index (κ3) is 4.63. The standard InChI is InChI=1S/C20H24FNO/c21-19-10-8-18(9-11-19)20(23)13-17-7-4-12-22(15-17)14-16-5-2-1-3-6-16/h1-3,5-6,8-11,17,20,23H,4,7,12-15H2/t17-,20-/m1/s1. The van der Waals surface area contributed by atoms with Crippen molar-refractivity contribution in [3.05, 3.63) is 71.5 Å². The molecule has 0 aromatic heterocycles. The number of hydrogen-bond acceptors (Lipinski definition) is 2. The van der Waals surface area contributed by atoms with Crippen LogP contribution in [0.2, 0.25) is 0 Å². The normalized spacial score (nSPS) is 20.3. The molecule has 2 atom stereocenters. The summed E-state index contributed by atoms with van der Waals surface area (Å²) in [5.41, 5.74) is 2.15. The molecule has 0 bridgehead atoms. The lowest BCUT2D eigenvalue weighted by Crippen LogP contribution is -2.35. The quantitative estimate of drug-likeness (QED) is 0.896. The predicted molar refractivity (Wildman–Crippen MR) is 90.4 cm³/mol. The number of likely N-dealkylation sites (tertiary alicyclic amines) is 1. The lowest BCUT2D eigenvalue weighted by atomic mass is 9.90. The summed E-state index contributed by atoms with van der Waals surface area (Å²) in [6, 6.07) is 16.7. The van der Waals surface area contributed by atoms with E-state index in [4.69, 9.17) is 0 Å². The summed E-state index contributed by atoms with van der Waals surface area (Å²) >= 11 is 0. The highest BCUT2D eigenvalue weighted by atomic mass is 19.1. The van der Waals surface area contributed by atoms with Crippen LogP contribution in [0, 0.1) is 11.7 Å². The minimum atomic E-state index is -0.503. The van der Waals surface area contributed by atoms with Gasteiger partial charge in [-0.1, -0.05) is 42.5 Å². The molecule has 2 nitrogen and oxygen atoms in total. The Morgan fingerprint density at radius 3 is 2.57 bits per heavy atom. The molecule has 1 aliphatic heterocycles. The average Bonchev–Trinajstić information content (AvgIpc) is 2.57. The van der Waals surface area contributed by atoms with Gasteiger partial charge in [0.25, 0.3) is 0 Å². The van der Waals surface area contributed by atoms with Gasteiger partial charge in [-0.2, -0.15) is 0 Å². The van der Waals surface area contributed by atoms with Crippen molar-refractivity contribution < 1.29 is 9.50 Å². The molecule has 0 saturated carbocycles. The van der Waals surface area contributed by atoms with Crippen molar-refractivity contribution in [2.75, 3.05) is 13.1 Å². The molecule has 23 heavy (non-hydrogen) atoms. The second-order valence-corrected chi connectivity index (χ2v) is 6.53. The number of benzene rings is 2. The Labute approximate surface area is 137 Å². The Hall–Kier alpha value is -1.71. The second kappa shape index (κ2) is 7.71. The molecule has 3 heteroatoms. The molecule has 1 saturated heterocycles. The van der Waals surface area contributed by atoms with E-state index in [0.717, 1.165) is 38.0 Å². The SMILES string of the molecule is O[C@H](C[C@H]1CCCN(Cc2ccccc2)C1)c1ccc(F)cc1. The minimum absolute atomic E-state index is 0.257. The van der Waals surface area contributed by atoms with Crippen LogP contribution in [0.25, 0.3) is 0 Å². The van der Waals surface area contributed by atoms with E-state index in [-0.39, 0.29) is 5.82 Å². The largest absolute Gasteiger partial charge is 0.388 e. The van der Waals surface area contributed by atoms with Crippen LogP contribution >= 0.6 is 0 Å². The lowest BCUT2D eigenvalue weighted by molar-refractivity contribution is 0.0977. The zero-order valence-corrected chi connectivity index (χ0v) is 13.4. The maximum Gasteiger partial charge on any atom is 0.123 e. The van der Waals surface area contributed by atoms with Crippen LogP contribution in [-0.4, -0.2) is 23.1 Å². The van der Waals surface area contributed by atoms with Crippen molar-refractivity contribution in [3.8, 4) is 0 Å². The van der Waals surface area contributed by atoms with Crippen LogP contribution in [0.1, 0.15) is 36.5 Å². The summed E-state index contributed by atoms with van der Waals surface area (Å²) < 4.78 is 13.0. The smallest absolute Gasteiger partial charge is 0.123 e. The van der Waals surface area contributed by atoms with Crippen molar-refractivity contribution in [1.82, 2.24) is 4.90 Å². The summed E-state index contributed by atoms with van der Waals surface area (Å²) in [4.78, 5) is 2.47. The summed E-state index contributed by atoms with van der Waals surface area (Å²) in [5, 5.41) is 10.4. The molecular weight excluding hydrogens is 289 g/mol. The van der Waals surface area contributed by atoms with Gasteiger partial charge in [-0.25, -0.2) is 4.39 Å². The molecule has 3 rings (SSSR count). The number of hydrogen-bond donors (Lipinski definition) is 1. The number of halogens is 1. The van der Waals surface area contributed by atoms with Gasteiger partial charge in [0.1, 0.15) is 5.82 Å². The molecule has 0 unspecified atom stereocenters. The Balaban J connectivity index is 1.55. The first kappa shape index (κ1) is 16.2. The highest BCUT2D eigenvalue weighted by Crippen LogP contribution is 2.28. The maximum absolute atomic E-state index is 13.0. The van der Waals surface area contributed by atoms with Gasteiger partial charge in [-0.05, 0) is 55.0 Å². The predicted octanol–water partition coefficient (Wildman–Crippen LogP) is 4.16. The van der Waals surface area contributed by atoms with Gasteiger partial charge in [0.2, 0.25) is 0 Å². The van der Waals surface area contributed by atoms with Crippen LogP contribution in [0.3, 0.4) is 0 Å². The van der Waals surface area contributed by atoms with Crippen LogP contribution in [-0.2, 0) is 6.54 Å². The lowest BCUT2D eigenvalue weighted by Gasteiger charge is -2.33. The Morgan fingerprint density at radius 2 is 1.83 bits per heavy atom. The van der Waals surface area contributed by atoms with Gasteiger partial charge in [0, 0.05) is 13.1 Å². The van der Waals surface area contributed by atoms with Crippen LogP contribution < -0.4 is 0 Å². The number of aliphatic hydroxyl groups excluding tert-OH is 1. The van der Waals surface area contributed by atoms with Crippen LogP contribution in [0.5, 0.6) is 0 Å². The summed E-state index contributed by atoms with van der Waals surface area (Å²) in [6.07, 6.45) is 2.57. The third-order valence-corrected chi connectivity index (χ3v) is 4.66. The van der Waals surface area contributed by atoms with Crippen molar-refractivity contribution in [1.29, 1.82) is 0 Å². The topological polar surface area (TPSA) is 23.5 Å². The number of piperidine rings is 1. The van der Waals surface area contributed by atoms with E-state index < -0.39 is 6.10 Å². The van der Waals surface area contributed by atoms with Gasteiger partial charge in [0.05, 0.1) is 6.10 Å². The van der Waals surface area contributed by atoms with E-state index >= 15 is 0 Å². The molecule has 1 fully saturated rings. The van der Waals surface area contributed by atoms with Crippen molar-refractivity contribution >= 4 is 0 Å². The van der Waals surface area contributed by atoms with Gasteiger partial charge < -0.3 is 5.11 Å². The van der Waals surface area contributed by atoms with Gasteiger partial charge in [0.15, 0.2) is 0 Å². The Morgan fingerprint density at radius 1 is 1.09 bits per heavy atom. The molecule has 1 aliphatic rings. The highest BCUT2D eigenvalue weighted by Gasteiger charge is 2.23. The molecular formula is C20H24FNO. The van der Waals surface area contributed by atoms with Crippen molar-refractivity contribution in [3.63, 3.8) is 0 Å². The van der Waals surface area contributed by atoms with E-state index in [2.05, 4.69) is 29.2 Å². The maximum atomic E-state index is 13.0. The fourth-order valence-electron chi connectivity index (χ4n) is 3.47. The molecule has 1 N–H and O–H groups in total. The molecule has 122 valence electrons. The summed E-state index contributed by atoms with van der Waals surface area (Å²) in [6.45, 7) is 3.12. The highest BCUT2D eigenvalue weighted by molar-refractivity contribution is 5.18. The van der Waals surface area contributed by atoms with Crippen LogP contribution in [0.4, 0.5) is 4.39 Å². The van der Waals surface area contributed by atoms with Crippen LogP contribution in [0.15, 0.2) is 54.6 Å². The molecule has 1 heterocycles. The number of rotatable bonds is 5. The number of aliphatic hydroxyl groups is 1. The Kier molecular flexibility index (Phi) is 5.42. The molecule has 0 radical (unpaired) electrons. The van der Waals surface area contributed by atoms with E-state index in [0.29, 0.717) is 5.92 Å². The van der Waals surface area contributed by atoms with Gasteiger partial charge in [-0.3, -0.25) is 4.90 Å². The number of nitrogens with zero attached hydrogens (tertiary/aromatic N) is 1. The van der Waals surface area contributed by atoms with Crippen molar-refractivity contribution in [2.45, 2.75) is 31.9 Å². The minimum Gasteiger partial charge on any atom is -0.388 e. The van der Waals surface area contributed by atoms with E-state index in [1.165, 1.54) is 24.1 Å². The Bertz CT molecular complexity index is 599. The molecule has 0 amide bonds. The first-order valence-electron chi connectivity index (χ1n) is 8.40.